The molecule has 1 rings (SSSR count). The van der Waals surface area contributed by atoms with E-state index < -0.39 is 40.8 Å². The molecule has 9 heteroatoms. The SMILES string of the molecule is CC(C)(C)OC(=O)CCCNC(=O)Nc1cccc(C(F)(F)F)c1F. The summed E-state index contributed by atoms with van der Waals surface area (Å²) >= 11 is 0. The number of urea groups is 1. The molecular formula is C16H20F4N2O3. The Labute approximate surface area is 142 Å². The minimum absolute atomic E-state index is 0.0650. The molecule has 0 aliphatic rings. The van der Waals surface area contributed by atoms with E-state index in [0.717, 1.165) is 12.1 Å². The third kappa shape index (κ3) is 7.40. The molecule has 0 bridgehead atoms. The summed E-state index contributed by atoms with van der Waals surface area (Å²) in [5.41, 5.74) is -2.65. The summed E-state index contributed by atoms with van der Waals surface area (Å²) < 4.78 is 56.6. The average Bonchev–Trinajstić information content (AvgIpc) is 2.42. The first-order chi connectivity index (χ1) is 11.4. The van der Waals surface area contributed by atoms with E-state index in [0.29, 0.717) is 6.07 Å². The first-order valence-electron chi connectivity index (χ1n) is 7.52. The molecule has 0 radical (unpaired) electrons. The second-order valence-electron chi connectivity index (χ2n) is 6.24. The number of ether oxygens (including phenoxy) is 1. The van der Waals surface area contributed by atoms with Gasteiger partial charge in [-0.2, -0.15) is 13.2 Å². The molecule has 2 N–H and O–H groups in total. The van der Waals surface area contributed by atoms with Crippen LogP contribution in [0.3, 0.4) is 0 Å². The predicted molar refractivity (Wildman–Crippen MR) is 83.5 cm³/mol. The Morgan fingerprint density at radius 1 is 1.16 bits per heavy atom. The zero-order valence-corrected chi connectivity index (χ0v) is 14.1. The van der Waals surface area contributed by atoms with Crippen LogP contribution in [-0.4, -0.2) is 24.1 Å². The summed E-state index contributed by atoms with van der Waals surface area (Å²) in [6.45, 7) is 5.24. The topological polar surface area (TPSA) is 67.4 Å². The number of carbonyl (C=O) groups is 2. The van der Waals surface area contributed by atoms with Gasteiger partial charge < -0.3 is 15.4 Å². The molecule has 0 unspecified atom stereocenters. The number of rotatable bonds is 5. The van der Waals surface area contributed by atoms with Crippen molar-refractivity contribution >= 4 is 17.7 Å². The summed E-state index contributed by atoms with van der Waals surface area (Å²) in [7, 11) is 0. The van der Waals surface area contributed by atoms with Gasteiger partial charge in [-0.15, -0.1) is 0 Å². The maximum absolute atomic E-state index is 13.8. The predicted octanol–water partition coefficient (Wildman–Crippen LogP) is 4.09. The molecule has 140 valence electrons. The van der Waals surface area contributed by atoms with Crippen molar-refractivity contribution in [2.75, 3.05) is 11.9 Å². The van der Waals surface area contributed by atoms with Gasteiger partial charge >= 0.3 is 18.2 Å². The normalized spacial score (nSPS) is 11.8. The summed E-state index contributed by atoms with van der Waals surface area (Å²) in [4.78, 5) is 23.1. The Morgan fingerprint density at radius 3 is 2.36 bits per heavy atom. The molecule has 0 aromatic heterocycles. The molecule has 0 aliphatic heterocycles. The Bertz CT molecular complexity index is 625. The third-order valence-electron chi connectivity index (χ3n) is 2.82. The number of anilines is 1. The lowest BCUT2D eigenvalue weighted by atomic mass is 10.2. The number of hydrogen-bond donors (Lipinski definition) is 2. The summed E-state index contributed by atoms with van der Waals surface area (Å²) in [6, 6.07) is 1.72. The van der Waals surface area contributed by atoms with Gasteiger partial charge in [0.05, 0.1) is 11.3 Å². The zero-order chi connectivity index (χ0) is 19.3. The van der Waals surface area contributed by atoms with Gasteiger partial charge in [0.2, 0.25) is 0 Å². The highest BCUT2D eigenvalue weighted by Gasteiger charge is 2.35. The van der Waals surface area contributed by atoms with E-state index >= 15 is 0 Å². The summed E-state index contributed by atoms with van der Waals surface area (Å²) in [5, 5.41) is 4.34. The highest BCUT2D eigenvalue weighted by Crippen LogP contribution is 2.33. The fraction of sp³-hybridized carbons (Fsp3) is 0.500. The van der Waals surface area contributed by atoms with Gasteiger partial charge in [0.25, 0.3) is 0 Å². The largest absolute Gasteiger partial charge is 0.460 e. The second kappa shape index (κ2) is 8.17. The molecule has 5 nitrogen and oxygen atoms in total. The van der Waals surface area contributed by atoms with Crippen molar-refractivity contribution in [2.24, 2.45) is 0 Å². The summed E-state index contributed by atoms with van der Waals surface area (Å²) in [5.74, 6) is -1.99. The number of benzene rings is 1. The van der Waals surface area contributed by atoms with Crippen molar-refractivity contribution in [1.82, 2.24) is 5.32 Å². The number of halogens is 4. The van der Waals surface area contributed by atoms with Crippen LogP contribution < -0.4 is 10.6 Å². The lowest BCUT2D eigenvalue weighted by Crippen LogP contribution is -2.31. The Hall–Kier alpha value is -2.32. The number of nitrogens with one attached hydrogen (secondary N) is 2. The molecule has 0 saturated heterocycles. The maximum Gasteiger partial charge on any atom is 0.419 e. The van der Waals surface area contributed by atoms with Crippen molar-refractivity contribution < 1.29 is 31.9 Å². The van der Waals surface area contributed by atoms with Gasteiger partial charge in [0.1, 0.15) is 5.60 Å². The lowest BCUT2D eigenvalue weighted by Gasteiger charge is -2.19. The number of amides is 2. The van der Waals surface area contributed by atoms with E-state index in [-0.39, 0.29) is 19.4 Å². The van der Waals surface area contributed by atoms with Crippen molar-refractivity contribution in [1.29, 1.82) is 0 Å². The van der Waals surface area contributed by atoms with E-state index in [1.807, 2.05) is 5.32 Å². The molecule has 25 heavy (non-hydrogen) atoms. The quantitative estimate of drug-likeness (QED) is 0.470. The van der Waals surface area contributed by atoms with E-state index in [1.165, 1.54) is 0 Å². The van der Waals surface area contributed by atoms with E-state index in [9.17, 15) is 27.2 Å². The highest BCUT2D eigenvalue weighted by atomic mass is 19.4. The van der Waals surface area contributed by atoms with Gasteiger partial charge in [-0.25, -0.2) is 9.18 Å². The Balaban J connectivity index is 2.47. The zero-order valence-electron chi connectivity index (χ0n) is 14.1. The fourth-order valence-electron chi connectivity index (χ4n) is 1.84. The van der Waals surface area contributed by atoms with Gasteiger partial charge in [-0.05, 0) is 39.3 Å². The van der Waals surface area contributed by atoms with Crippen LogP contribution in [0.25, 0.3) is 0 Å². The number of esters is 1. The van der Waals surface area contributed by atoms with Crippen molar-refractivity contribution in [3.63, 3.8) is 0 Å². The van der Waals surface area contributed by atoms with Crippen LogP contribution in [0, 0.1) is 5.82 Å². The highest BCUT2D eigenvalue weighted by molar-refractivity contribution is 5.89. The summed E-state index contributed by atoms with van der Waals surface area (Å²) in [6.07, 6.45) is -4.52. The van der Waals surface area contributed by atoms with Crippen molar-refractivity contribution in [2.45, 2.75) is 45.4 Å². The van der Waals surface area contributed by atoms with Crippen LogP contribution in [0.5, 0.6) is 0 Å². The van der Waals surface area contributed by atoms with Crippen LogP contribution in [0.1, 0.15) is 39.2 Å². The smallest absolute Gasteiger partial charge is 0.419 e. The van der Waals surface area contributed by atoms with E-state index in [1.54, 1.807) is 20.8 Å². The van der Waals surface area contributed by atoms with Crippen LogP contribution >= 0.6 is 0 Å². The third-order valence-corrected chi connectivity index (χ3v) is 2.82. The van der Waals surface area contributed by atoms with E-state index in [2.05, 4.69) is 5.32 Å². The Kier molecular flexibility index (Phi) is 6.78. The first kappa shape index (κ1) is 20.7. The monoisotopic (exact) mass is 364 g/mol. The van der Waals surface area contributed by atoms with Crippen LogP contribution in [0.2, 0.25) is 0 Å². The molecule has 0 saturated carbocycles. The number of carbonyl (C=O) groups excluding carboxylic acids is 2. The molecule has 0 heterocycles. The number of hydrogen-bond acceptors (Lipinski definition) is 3. The molecule has 0 atom stereocenters. The molecule has 1 aromatic carbocycles. The minimum atomic E-state index is -4.86. The first-order valence-corrected chi connectivity index (χ1v) is 7.52. The van der Waals surface area contributed by atoms with E-state index in [4.69, 9.17) is 4.74 Å². The Morgan fingerprint density at radius 2 is 1.80 bits per heavy atom. The van der Waals surface area contributed by atoms with Crippen molar-refractivity contribution in [3.05, 3.63) is 29.6 Å². The van der Waals surface area contributed by atoms with Crippen LogP contribution in [-0.2, 0) is 15.7 Å². The standard InChI is InChI=1S/C16H20F4N2O3/c1-15(2,3)25-12(23)8-5-9-21-14(24)22-11-7-4-6-10(13(11)17)16(18,19)20/h4,6-7H,5,8-9H2,1-3H3,(H2,21,22,24). The molecule has 1 aromatic rings. The van der Waals surface area contributed by atoms with Gasteiger partial charge in [-0.1, -0.05) is 6.07 Å². The van der Waals surface area contributed by atoms with Crippen LogP contribution in [0.15, 0.2) is 18.2 Å². The van der Waals surface area contributed by atoms with Crippen molar-refractivity contribution in [3.8, 4) is 0 Å². The van der Waals surface area contributed by atoms with Gasteiger partial charge in [0.15, 0.2) is 5.82 Å². The number of alkyl halides is 3. The second-order valence-corrected chi connectivity index (χ2v) is 6.24. The molecule has 0 aliphatic carbocycles. The van der Waals surface area contributed by atoms with Gasteiger partial charge in [-0.3, -0.25) is 4.79 Å². The molecule has 0 fully saturated rings. The maximum atomic E-state index is 13.8. The molecule has 0 spiro atoms. The van der Waals surface area contributed by atoms with Gasteiger partial charge in [0, 0.05) is 13.0 Å². The minimum Gasteiger partial charge on any atom is -0.460 e. The average molecular weight is 364 g/mol. The fourth-order valence-corrected chi connectivity index (χ4v) is 1.84. The molecular weight excluding hydrogens is 344 g/mol. The lowest BCUT2D eigenvalue weighted by molar-refractivity contribution is -0.154. The molecule has 2 amide bonds. The van der Waals surface area contributed by atoms with Crippen LogP contribution in [0.4, 0.5) is 28.0 Å².